The van der Waals surface area contributed by atoms with E-state index in [4.69, 9.17) is 4.74 Å². The van der Waals surface area contributed by atoms with Crippen molar-refractivity contribution < 1.29 is 22.7 Å². The summed E-state index contributed by atoms with van der Waals surface area (Å²) < 4.78 is 43.0. The monoisotopic (exact) mass is 321 g/mol. The Balaban J connectivity index is 2.71. The molecule has 1 aromatic carbocycles. The number of Topliss-reactive ketones (excluding diaryl/α,β-unsaturated/α-hetero) is 1. The molecule has 0 fully saturated rings. The third kappa shape index (κ3) is 2.10. The zero-order chi connectivity index (χ0) is 13.5. The minimum Gasteiger partial charge on any atom is -0.496 e. The summed E-state index contributed by atoms with van der Waals surface area (Å²) in [5.41, 5.74) is -0.0457. The molecule has 0 saturated carbocycles. The van der Waals surface area contributed by atoms with Gasteiger partial charge < -0.3 is 9.72 Å². The van der Waals surface area contributed by atoms with Crippen molar-refractivity contribution in [2.24, 2.45) is 0 Å². The molecule has 0 radical (unpaired) electrons. The van der Waals surface area contributed by atoms with E-state index in [2.05, 4.69) is 20.9 Å². The van der Waals surface area contributed by atoms with E-state index in [1.54, 1.807) is 6.07 Å². The van der Waals surface area contributed by atoms with Crippen LogP contribution >= 0.6 is 15.9 Å². The van der Waals surface area contributed by atoms with Crippen molar-refractivity contribution >= 4 is 32.6 Å². The Morgan fingerprint density at radius 3 is 2.61 bits per heavy atom. The zero-order valence-corrected chi connectivity index (χ0v) is 10.6. The predicted octanol–water partition coefficient (Wildman–Crippen LogP) is 3.68. The molecule has 0 aliphatic rings. The standard InChI is InChI=1S/C11H7BrF3NO2/c1-18-8-3-5(12)2-7-9(8)6(4-16-7)10(17)11(13,14)15/h2-4,16H,1H3. The number of hydrogen-bond acceptors (Lipinski definition) is 2. The summed E-state index contributed by atoms with van der Waals surface area (Å²) in [7, 11) is 1.33. The number of halogens is 4. The molecule has 0 atom stereocenters. The number of ketones is 1. The van der Waals surface area contributed by atoms with Gasteiger partial charge >= 0.3 is 6.18 Å². The topological polar surface area (TPSA) is 42.1 Å². The Morgan fingerprint density at radius 2 is 2.06 bits per heavy atom. The van der Waals surface area contributed by atoms with Gasteiger partial charge in [-0.05, 0) is 12.1 Å². The molecule has 0 aliphatic heterocycles. The maximum Gasteiger partial charge on any atom is 0.454 e. The second-order valence-corrected chi connectivity index (χ2v) is 4.48. The lowest BCUT2D eigenvalue weighted by Gasteiger charge is -2.07. The highest BCUT2D eigenvalue weighted by atomic mass is 79.9. The molecule has 2 rings (SSSR count). The molecule has 0 aliphatic carbocycles. The number of H-pyrrole nitrogens is 1. The van der Waals surface area contributed by atoms with Crippen LogP contribution in [0.1, 0.15) is 10.4 Å². The van der Waals surface area contributed by atoms with E-state index in [9.17, 15) is 18.0 Å². The minimum atomic E-state index is -4.91. The molecule has 0 unspecified atom stereocenters. The van der Waals surface area contributed by atoms with Crippen LogP contribution in [-0.4, -0.2) is 24.1 Å². The first kappa shape index (κ1) is 12.9. The van der Waals surface area contributed by atoms with Gasteiger partial charge in [0.05, 0.1) is 23.6 Å². The fourth-order valence-electron chi connectivity index (χ4n) is 1.69. The maximum absolute atomic E-state index is 12.4. The Labute approximate surface area is 108 Å². The van der Waals surface area contributed by atoms with Crippen LogP contribution in [0.4, 0.5) is 13.2 Å². The highest BCUT2D eigenvalue weighted by molar-refractivity contribution is 9.10. The van der Waals surface area contributed by atoms with Crippen LogP contribution in [0, 0.1) is 0 Å². The van der Waals surface area contributed by atoms with Gasteiger partial charge in [0, 0.05) is 10.7 Å². The summed E-state index contributed by atoms with van der Waals surface area (Å²) in [5, 5.41) is 0.128. The number of methoxy groups -OCH3 is 1. The first-order valence-electron chi connectivity index (χ1n) is 4.80. The molecule has 0 bridgehead atoms. The van der Waals surface area contributed by atoms with Gasteiger partial charge in [-0.2, -0.15) is 13.2 Å². The second-order valence-electron chi connectivity index (χ2n) is 3.56. The fraction of sp³-hybridized carbons (Fsp3) is 0.182. The number of hydrogen-bond donors (Lipinski definition) is 1. The molecule has 2 aromatic rings. The number of ether oxygens (including phenoxy) is 1. The SMILES string of the molecule is COc1cc(Br)cc2[nH]cc(C(=O)C(F)(F)F)c12. The van der Waals surface area contributed by atoms with Gasteiger partial charge in [-0.15, -0.1) is 0 Å². The minimum absolute atomic E-state index is 0.128. The van der Waals surface area contributed by atoms with Crippen LogP contribution in [0.3, 0.4) is 0 Å². The third-order valence-electron chi connectivity index (χ3n) is 2.43. The van der Waals surface area contributed by atoms with E-state index in [0.29, 0.717) is 9.99 Å². The van der Waals surface area contributed by atoms with Gasteiger partial charge in [0.1, 0.15) is 5.75 Å². The zero-order valence-electron chi connectivity index (χ0n) is 9.06. The van der Waals surface area contributed by atoms with Crippen molar-refractivity contribution in [3.8, 4) is 5.75 Å². The number of fused-ring (bicyclic) bond motifs is 1. The second kappa shape index (κ2) is 4.31. The summed E-state index contributed by atoms with van der Waals surface area (Å²) in [6.45, 7) is 0. The van der Waals surface area contributed by atoms with E-state index < -0.39 is 17.5 Å². The number of aromatic nitrogens is 1. The van der Waals surface area contributed by atoms with Crippen molar-refractivity contribution in [2.45, 2.75) is 6.18 Å². The number of rotatable bonds is 2. The Bertz CT molecular complexity index is 619. The van der Waals surface area contributed by atoms with Crippen molar-refractivity contribution in [2.75, 3.05) is 7.11 Å². The van der Waals surface area contributed by atoms with E-state index >= 15 is 0 Å². The van der Waals surface area contributed by atoms with Crippen molar-refractivity contribution in [3.63, 3.8) is 0 Å². The number of carbonyl (C=O) groups excluding carboxylic acids is 1. The maximum atomic E-state index is 12.4. The first-order valence-corrected chi connectivity index (χ1v) is 5.60. The van der Waals surface area contributed by atoms with E-state index in [1.165, 1.54) is 13.2 Å². The van der Waals surface area contributed by atoms with Crippen LogP contribution < -0.4 is 4.74 Å². The largest absolute Gasteiger partial charge is 0.496 e. The molecule has 0 amide bonds. The lowest BCUT2D eigenvalue weighted by atomic mass is 10.1. The van der Waals surface area contributed by atoms with E-state index in [-0.39, 0.29) is 11.1 Å². The molecule has 18 heavy (non-hydrogen) atoms. The van der Waals surface area contributed by atoms with Crippen molar-refractivity contribution in [1.29, 1.82) is 0 Å². The lowest BCUT2D eigenvalue weighted by molar-refractivity contribution is -0.0884. The quantitative estimate of drug-likeness (QED) is 0.857. The van der Waals surface area contributed by atoms with Gasteiger partial charge in [-0.25, -0.2) is 0 Å². The van der Waals surface area contributed by atoms with Crippen molar-refractivity contribution in [1.82, 2.24) is 4.98 Å². The van der Waals surface area contributed by atoms with Crippen LogP contribution in [0.5, 0.6) is 5.75 Å². The highest BCUT2D eigenvalue weighted by Crippen LogP contribution is 2.35. The van der Waals surface area contributed by atoms with Crippen LogP contribution in [0.25, 0.3) is 10.9 Å². The average molecular weight is 322 g/mol. The molecule has 1 aromatic heterocycles. The molecule has 1 N–H and O–H groups in total. The number of alkyl halides is 3. The van der Waals surface area contributed by atoms with E-state index in [1.807, 2.05) is 0 Å². The summed E-state index contributed by atoms with van der Waals surface area (Å²) >= 11 is 3.20. The molecule has 7 heteroatoms. The third-order valence-corrected chi connectivity index (χ3v) is 2.89. The van der Waals surface area contributed by atoms with Crippen LogP contribution in [0.15, 0.2) is 22.8 Å². The number of benzene rings is 1. The Morgan fingerprint density at radius 1 is 1.39 bits per heavy atom. The van der Waals surface area contributed by atoms with Gasteiger partial charge in [-0.1, -0.05) is 15.9 Å². The fourth-order valence-corrected chi connectivity index (χ4v) is 2.13. The summed E-state index contributed by atoms with van der Waals surface area (Å²) in [6.07, 6.45) is -3.87. The molecule has 1 heterocycles. The lowest BCUT2D eigenvalue weighted by Crippen LogP contribution is -2.22. The number of aromatic amines is 1. The number of carbonyl (C=O) groups is 1. The molecular formula is C11H7BrF3NO2. The van der Waals surface area contributed by atoms with E-state index in [0.717, 1.165) is 6.20 Å². The van der Waals surface area contributed by atoms with Gasteiger partial charge in [0.25, 0.3) is 5.78 Å². The van der Waals surface area contributed by atoms with Gasteiger partial charge in [0.2, 0.25) is 0 Å². The Hall–Kier alpha value is -1.50. The van der Waals surface area contributed by atoms with Crippen molar-refractivity contribution in [3.05, 3.63) is 28.4 Å². The average Bonchev–Trinajstić information content (AvgIpc) is 2.68. The molecule has 0 spiro atoms. The Kier molecular flexibility index (Phi) is 3.10. The smallest absolute Gasteiger partial charge is 0.454 e. The number of nitrogens with one attached hydrogen (secondary N) is 1. The predicted molar refractivity (Wildman–Crippen MR) is 62.9 cm³/mol. The summed E-state index contributed by atoms with van der Waals surface area (Å²) in [4.78, 5) is 13.9. The summed E-state index contributed by atoms with van der Waals surface area (Å²) in [5.74, 6) is -1.69. The van der Waals surface area contributed by atoms with Gasteiger partial charge in [0.15, 0.2) is 0 Å². The van der Waals surface area contributed by atoms with Crippen LogP contribution in [0.2, 0.25) is 0 Å². The summed E-state index contributed by atoms with van der Waals surface area (Å²) in [6, 6.07) is 3.08. The van der Waals surface area contributed by atoms with Gasteiger partial charge in [-0.3, -0.25) is 4.79 Å². The first-order chi connectivity index (χ1) is 8.34. The molecule has 0 saturated heterocycles. The molecular weight excluding hydrogens is 315 g/mol. The molecule has 96 valence electrons. The normalized spacial score (nSPS) is 11.8. The highest BCUT2D eigenvalue weighted by Gasteiger charge is 2.41. The van der Waals surface area contributed by atoms with Crippen LogP contribution in [-0.2, 0) is 0 Å². The molecule has 3 nitrogen and oxygen atoms in total.